The predicted octanol–water partition coefficient (Wildman–Crippen LogP) is 1.24. The van der Waals surface area contributed by atoms with Crippen molar-refractivity contribution in [3.05, 3.63) is 28.2 Å². The molecule has 1 rings (SSSR count). The molecule has 17 heavy (non-hydrogen) atoms. The molecule has 0 saturated carbocycles. The summed E-state index contributed by atoms with van der Waals surface area (Å²) in [6, 6.07) is 4.31. The minimum Gasteiger partial charge on any atom is -0.368 e. The summed E-state index contributed by atoms with van der Waals surface area (Å²) in [5, 5.41) is 0.476. The number of sulfonamides is 1. The van der Waals surface area contributed by atoms with Crippen LogP contribution in [0.2, 0.25) is 10.0 Å². The number of nitrogens with zero attached hydrogens (tertiary/aromatic N) is 1. The van der Waals surface area contributed by atoms with E-state index in [0.29, 0.717) is 5.02 Å². The summed E-state index contributed by atoms with van der Waals surface area (Å²) in [7, 11) is -3.66. The molecule has 94 valence electrons. The van der Waals surface area contributed by atoms with Crippen LogP contribution in [0.3, 0.4) is 0 Å². The molecule has 0 bridgehead atoms. The summed E-state index contributed by atoms with van der Waals surface area (Å²) in [6.07, 6.45) is 0.952. The molecule has 0 aliphatic rings. The van der Waals surface area contributed by atoms with E-state index in [0.717, 1.165) is 10.6 Å². The lowest BCUT2D eigenvalue weighted by Crippen LogP contribution is -2.38. The van der Waals surface area contributed by atoms with Gasteiger partial charge in [-0.1, -0.05) is 23.2 Å². The van der Waals surface area contributed by atoms with Crippen molar-refractivity contribution in [1.29, 1.82) is 0 Å². The van der Waals surface area contributed by atoms with Crippen LogP contribution in [0.15, 0.2) is 18.2 Å². The number of anilines is 1. The van der Waals surface area contributed by atoms with Crippen molar-refractivity contribution in [2.75, 3.05) is 17.1 Å². The van der Waals surface area contributed by atoms with E-state index in [9.17, 15) is 13.2 Å². The van der Waals surface area contributed by atoms with Crippen LogP contribution in [0.4, 0.5) is 5.69 Å². The molecule has 0 aliphatic carbocycles. The van der Waals surface area contributed by atoms with Crippen LogP contribution in [0.1, 0.15) is 0 Å². The lowest BCUT2D eigenvalue weighted by molar-refractivity contribution is -0.116. The number of carbonyl (C=O) groups excluding carboxylic acids is 1. The molecule has 0 unspecified atom stereocenters. The van der Waals surface area contributed by atoms with Crippen molar-refractivity contribution >= 4 is 44.8 Å². The molecule has 5 nitrogen and oxygen atoms in total. The summed E-state index contributed by atoms with van der Waals surface area (Å²) < 4.78 is 23.9. The normalized spacial score (nSPS) is 11.2. The Bertz CT molecular complexity index is 545. The second kappa shape index (κ2) is 5.12. The second-order valence-corrected chi connectivity index (χ2v) is 6.08. The summed E-state index contributed by atoms with van der Waals surface area (Å²) in [5.74, 6) is -0.786. The highest BCUT2D eigenvalue weighted by Gasteiger charge is 2.22. The first kappa shape index (κ1) is 14.1. The lowest BCUT2D eigenvalue weighted by atomic mass is 10.3. The molecule has 0 aliphatic heterocycles. The highest BCUT2D eigenvalue weighted by atomic mass is 35.5. The fourth-order valence-electron chi connectivity index (χ4n) is 1.20. The van der Waals surface area contributed by atoms with Crippen LogP contribution in [-0.2, 0) is 14.8 Å². The number of nitrogens with two attached hydrogens (primary N) is 1. The van der Waals surface area contributed by atoms with Crippen LogP contribution in [-0.4, -0.2) is 27.1 Å². The molecule has 0 aromatic heterocycles. The average Bonchev–Trinajstić information content (AvgIpc) is 2.16. The monoisotopic (exact) mass is 296 g/mol. The second-order valence-electron chi connectivity index (χ2n) is 3.33. The smallest absolute Gasteiger partial charge is 0.238 e. The molecule has 0 fully saturated rings. The Kier molecular flexibility index (Phi) is 4.24. The van der Waals surface area contributed by atoms with Crippen LogP contribution < -0.4 is 10.0 Å². The van der Waals surface area contributed by atoms with E-state index in [1.807, 2.05) is 0 Å². The molecule has 0 heterocycles. The first-order valence-electron chi connectivity index (χ1n) is 4.43. The number of primary amides is 1. The SMILES string of the molecule is CS(=O)(=O)N(CC(N)=O)c1cc(Cl)ccc1Cl. The van der Waals surface area contributed by atoms with Crippen molar-refractivity contribution in [2.24, 2.45) is 5.73 Å². The van der Waals surface area contributed by atoms with Gasteiger partial charge in [-0.2, -0.15) is 0 Å². The Morgan fingerprint density at radius 1 is 1.41 bits per heavy atom. The van der Waals surface area contributed by atoms with Crippen LogP contribution in [0, 0.1) is 0 Å². The lowest BCUT2D eigenvalue weighted by Gasteiger charge is -2.21. The molecule has 1 aromatic carbocycles. The molecular weight excluding hydrogens is 287 g/mol. The van der Waals surface area contributed by atoms with E-state index >= 15 is 0 Å². The third-order valence-electron chi connectivity index (χ3n) is 1.88. The van der Waals surface area contributed by atoms with Gasteiger partial charge in [-0.05, 0) is 18.2 Å². The standard InChI is InChI=1S/C9H10Cl2N2O3S/c1-17(15,16)13(5-9(12)14)8-4-6(10)2-3-7(8)11/h2-4H,5H2,1H3,(H2,12,14). The number of carbonyl (C=O) groups is 1. The summed E-state index contributed by atoms with van der Waals surface area (Å²) in [5.41, 5.74) is 5.12. The summed E-state index contributed by atoms with van der Waals surface area (Å²) >= 11 is 11.6. The van der Waals surface area contributed by atoms with Gasteiger partial charge in [-0.25, -0.2) is 8.42 Å². The quantitative estimate of drug-likeness (QED) is 0.908. The number of benzene rings is 1. The first-order chi connectivity index (χ1) is 7.71. The first-order valence-corrected chi connectivity index (χ1v) is 7.03. The van der Waals surface area contributed by atoms with Crippen molar-refractivity contribution in [3.8, 4) is 0 Å². The maximum absolute atomic E-state index is 11.5. The van der Waals surface area contributed by atoms with E-state index in [2.05, 4.69) is 0 Å². The van der Waals surface area contributed by atoms with Gasteiger partial charge in [-0.3, -0.25) is 9.10 Å². The number of hydrogen-bond donors (Lipinski definition) is 1. The minimum atomic E-state index is -3.66. The molecule has 1 aromatic rings. The summed E-state index contributed by atoms with van der Waals surface area (Å²) in [6.45, 7) is -0.487. The van der Waals surface area contributed by atoms with Gasteiger partial charge < -0.3 is 5.73 Å². The molecule has 0 saturated heterocycles. The topological polar surface area (TPSA) is 80.5 Å². The predicted molar refractivity (Wildman–Crippen MR) is 67.8 cm³/mol. The van der Waals surface area contributed by atoms with Gasteiger partial charge in [-0.15, -0.1) is 0 Å². The van der Waals surface area contributed by atoms with Gasteiger partial charge in [0.2, 0.25) is 15.9 Å². The van der Waals surface area contributed by atoms with Crippen molar-refractivity contribution in [2.45, 2.75) is 0 Å². The number of amides is 1. The van der Waals surface area contributed by atoms with Gasteiger partial charge in [0.15, 0.2) is 0 Å². The fraction of sp³-hybridized carbons (Fsp3) is 0.222. The zero-order valence-electron chi connectivity index (χ0n) is 8.85. The highest BCUT2D eigenvalue weighted by Crippen LogP contribution is 2.30. The van der Waals surface area contributed by atoms with E-state index in [1.54, 1.807) is 0 Å². The van der Waals surface area contributed by atoms with Gasteiger partial charge in [0.25, 0.3) is 0 Å². The van der Waals surface area contributed by atoms with Gasteiger partial charge in [0.05, 0.1) is 17.0 Å². The van der Waals surface area contributed by atoms with Gasteiger partial charge in [0, 0.05) is 5.02 Å². The van der Waals surface area contributed by atoms with Gasteiger partial charge in [0.1, 0.15) is 6.54 Å². The maximum atomic E-state index is 11.5. The molecule has 2 N–H and O–H groups in total. The molecule has 1 amide bonds. The maximum Gasteiger partial charge on any atom is 0.238 e. The number of hydrogen-bond acceptors (Lipinski definition) is 3. The van der Waals surface area contributed by atoms with Crippen molar-refractivity contribution in [1.82, 2.24) is 0 Å². The third-order valence-corrected chi connectivity index (χ3v) is 3.56. The average molecular weight is 297 g/mol. The van der Waals surface area contributed by atoms with E-state index < -0.39 is 22.5 Å². The Hall–Kier alpha value is -0.980. The van der Waals surface area contributed by atoms with Crippen LogP contribution in [0.5, 0.6) is 0 Å². The summed E-state index contributed by atoms with van der Waals surface area (Å²) in [4.78, 5) is 10.9. The van der Waals surface area contributed by atoms with Crippen LogP contribution >= 0.6 is 23.2 Å². The van der Waals surface area contributed by atoms with E-state index in [1.165, 1.54) is 18.2 Å². The number of rotatable bonds is 4. The molecule has 8 heteroatoms. The third kappa shape index (κ3) is 3.76. The zero-order valence-corrected chi connectivity index (χ0v) is 11.2. The number of halogens is 2. The molecule has 0 spiro atoms. The molecule has 0 radical (unpaired) electrons. The van der Waals surface area contributed by atoms with E-state index in [4.69, 9.17) is 28.9 Å². The van der Waals surface area contributed by atoms with E-state index in [-0.39, 0.29) is 10.7 Å². The minimum absolute atomic E-state index is 0.125. The van der Waals surface area contributed by atoms with Crippen LogP contribution in [0.25, 0.3) is 0 Å². The Morgan fingerprint density at radius 3 is 2.47 bits per heavy atom. The van der Waals surface area contributed by atoms with Gasteiger partial charge >= 0.3 is 0 Å². The largest absolute Gasteiger partial charge is 0.368 e. The van der Waals surface area contributed by atoms with Crippen molar-refractivity contribution in [3.63, 3.8) is 0 Å². The fourth-order valence-corrected chi connectivity index (χ4v) is 2.51. The Labute approximate surface area is 109 Å². The zero-order chi connectivity index (χ0) is 13.2. The Morgan fingerprint density at radius 2 is 2.00 bits per heavy atom. The molecular formula is C9H10Cl2N2O3S. The van der Waals surface area contributed by atoms with Crippen molar-refractivity contribution < 1.29 is 13.2 Å². The highest BCUT2D eigenvalue weighted by molar-refractivity contribution is 7.92. The molecule has 0 atom stereocenters. The Balaban J connectivity index is 3.31.